The third-order valence-corrected chi connectivity index (χ3v) is 4.42. The lowest BCUT2D eigenvalue weighted by Crippen LogP contribution is -2.03. The number of anilines is 1. The Kier molecular flexibility index (Phi) is 5.19. The largest absolute Gasteiger partial charge is 0.496 e. The molecule has 2 rings (SSSR count). The average Bonchev–Trinajstić information content (AvgIpc) is 2.42. The van der Waals surface area contributed by atoms with Crippen molar-refractivity contribution in [1.29, 1.82) is 0 Å². The topological polar surface area (TPSA) is 21.3 Å². The maximum atomic E-state index is 6.21. The van der Waals surface area contributed by atoms with Crippen LogP contribution in [0.15, 0.2) is 34.8 Å². The number of benzene rings is 2. The van der Waals surface area contributed by atoms with Crippen molar-refractivity contribution in [2.75, 3.05) is 12.4 Å². The Labute approximate surface area is 137 Å². The van der Waals surface area contributed by atoms with Gasteiger partial charge in [-0.3, -0.25) is 0 Å². The summed E-state index contributed by atoms with van der Waals surface area (Å²) in [6.45, 7) is 2.52. The molecule has 0 aliphatic rings. The summed E-state index contributed by atoms with van der Waals surface area (Å²) in [6.07, 6.45) is 0. The predicted octanol–water partition coefficient (Wildman–Crippen LogP) is 5.69. The normalized spacial score (nSPS) is 10.4. The number of rotatable bonds is 4. The third-order valence-electron chi connectivity index (χ3n) is 3.00. The molecule has 20 heavy (non-hydrogen) atoms. The molecular weight excluding hydrogens is 361 g/mol. The maximum Gasteiger partial charge on any atom is 0.125 e. The Morgan fingerprint density at radius 2 is 1.95 bits per heavy atom. The van der Waals surface area contributed by atoms with Crippen molar-refractivity contribution >= 4 is 44.8 Å². The molecule has 0 aliphatic carbocycles. The van der Waals surface area contributed by atoms with Gasteiger partial charge in [-0.25, -0.2) is 0 Å². The third kappa shape index (κ3) is 3.40. The first kappa shape index (κ1) is 15.5. The Hall–Kier alpha value is -0.900. The minimum Gasteiger partial charge on any atom is -0.496 e. The summed E-state index contributed by atoms with van der Waals surface area (Å²) in [5, 5.41) is 4.71. The molecule has 106 valence electrons. The smallest absolute Gasteiger partial charge is 0.125 e. The first-order valence-corrected chi connectivity index (χ1v) is 7.58. The van der Waals surface area contributed by atoms with E-state index < -0.39 is 0 Å². The number of hydrogen-bond donors (Lipinski definition) is 1. The highest BCUT2D eigenvalue weighted by atomic mass is 79.9. The molecule has 1 N–H and O–H groups in total. The van der Waals surface area contributed by atoms with Gasteiger partial charge in [0.15, 0.2) is 0 Å². The summed E-state index contributed by atoms with van der Waals surface area (Å²) in [7, 11) is 1.63. The Morgan fingerprint density at radius 1 is 1.20 bits per heavy atom. The van der Waals surface area contributed by atoms with E-state index in [-0.39, 0.29) is 0 Å². The fourth-order valence-corrected chi connectivity index (χ4v) is 2.86. The minimum atomic E-state index is 0.556. The Bertz CT molecular complexity index is 632. The molecule has 0 saturated carbocycles. The number of aryl methyl sites for hydroxylation is 1. The molecule has 2 aromatic carbocycles. The number of ether oxygens (including phenoxy) is 1. The number of halogens is 3. The summed E-state index contributed by atoms with van der Waals surface area (Å²) in [5.41, 5.74) is 2.86. The lowest BCUT2D eigenvalue weighted by molar-refractivity contribution is 0.410. The van der Waals surface area contributed by atoms with E-state index in [1.807, 2.05) is 37.3 Å². The first-order valence-electron chi connectivity index (χ1n) is 6.04. The summed E-state index contributed by atoms with van der Waals surface area (Å²) >= 11 is 15.9. The van der Waals surface area contributed by atoms with Crippen molar-refractivity contribution in [3.63, 3.8) is 0 Å². The fourth-order valence-electron chi connectivity index (χ4n) is 1.87. The van der Waals surface area contributed by atoms with Gasteiger partial charge in [0.2, 0.25) is 0 Å². The molecule has 2 aromatic rings. The van der Waals surface area contributed by atoms with Crippen LogP contribution in [0.2, 0.25) is 10.0 Å². The van der Waals surface area contributed by atoms with Gasteiger partial charge in [-0.15, -0.1) is 0 Å². The first-order chi connectivity index (χ1) is 9.52. The molecule has 0 aromatic heterocycles. The van der Waals surface area contributed by atoms with Crippen LogP contribution in [0, 0.1) is 6.92 Å². The zero-order valence-electron chi connectivity index (χ0n) is 11.1. The van der Waals surface area contributed by atoms with Crippen LogP contribution in [-0.2, 0) is 6.54 Å². The van der Waals surface area contributed by atoms with Crippen LogP contribution in [0.3, 0.4) is 0 Å². The molecule has 0 aliphatic heterocycles. The second-order valence-corrected chi connectivity index (χ2v) is 6.02. The lowest BCUT2D eigenvalue weighted by atomic mass is 10.2. The van der Waals surface area contributed by atoms with Crippen molar-refractivity contribution in [3.8, 4) is 5.75 Å². The standard InChI is InChI=1S/C15H14BrCl2NO/c1-9-6-11(16)14(7-13(9)18)19-8-10-12(17)4-3-5-15(10)20-2/h3-7,19H,8H2,1-2H3. The van der Waals surface area contributed by atoms with E-state index in [1.54, 1.807) is 7.11 Å². The van der Waals surface area contributed by atoms with E-state index in [1.165, 1.54) is 0 Å². The summed E-state index contributed by atoms with van der Waals surface area (Å²) in [4.78, 5) is 0. The fraction of sp³-hybridized carbons (Fsp3) is 0.200. The Balaban J connectivity index is 2.23. The van der Waals surface area contributed by atoms with Crippen LogP contribution < -0.4 is 10.1 Å². The zero-order valence-corrected chi connectivity index (χ0v) is 14.2. The molecule has 0 unspecified atom stereocenters. The van der Waals surface area contributed by atoms with Crippen molar-refractivity contribution in [2.45, 2.75) is 13.5 Å². The minimum absolute atomic E-state index is 0.556. The highest BCUT2D eigenvalue weighted by molar-refractivity contribution is 9.10. The van der Waals surface area contributed by atoms with Gasteiger partial charge in [0, 0.05) is 26.6 Å². The second kappa shape index (κ2) is 6.70. The van der Waals surface area contributed by atoms with E-state index in [0.717, 1.165) is 32.1 Å². The molecule has 2 nitrogen and oxygen atoms in total. The van der Waals surface area contributed by atoms with Gasteiger partial charge in [-0.05, 0) is 52.7 Å². The van der Waals surface area contributed by atoms with Crippen molar-refractivity contribution < 1.29 is 4.74 Å². The number of hydrogen-bond acceptors (Lipinski definition) is 2. The predicted molar refractivity (Wildman–Crippen MR) is 89.2 cm³/mol. The van der Waals surface area contributed by atoms with Gasteiger partial charge in [0.1, 0.15) is 5.75 Å². The quantitative estimate of drug-likeness (QED) is 0.742. The maximum absolute atomic E-state index is 6.21. The van der Waals surface area contributed by atoms with Gasteiger partial charge in [-0.1, -0.05) is 29.3 Å². The van der Waals surface area contributed by atoms with Crippen LogP contribution in [0.25, 0.3) is 0 Å². The molecule has 0 amide bonds. The SMILES string of the molecule is COc1cccc(Cl)c1CNc1cc(Cl)c(C)cc1Br. The van der Waals surface area contributed by atoms with E-state index in [4.69, 9.17) is 27.9 Å². The number of nitrogens with one attached hydrogen (secondary N) is 1. The van der Waals surface area contributed by atoms with Crippen LogP contribution >= 0.6 is 39.1 Å². The van der Waals surface area contributed by atoms with Gasteiger partial charge < -0.3 is 10.1 Å². The molecule has 0 heterocycles. The van der Waals surface area contributed by atoms with E-state index in [9.17, 15) is 0 Å². The van der Waals surface area contributed by atoms with Gasteiger partial charge in [-0.2, -0.15) is 0 Å². The summed E-state index contributed by atoms with van der Waals surface area (Å²) < 4.78 is 6.29. The van der Waals surface area contributed by atoms with E-state index in [0.29, 0.717) is 11.6 Å². The second-order valence-electron chi connectivity index (χ2n) is 4.36. The molecule has 0 radical (unpaired) electrons. The van der Waals surface area contributed by atoms with Crippen molar-refractivity contribution in [2.24, 2.45) is 0 Å². The summed E-state index contributed by atoms with van der Waals surface area (Å²) in [5.74, 6) is 0.763. The van der Waals surface area contributed by atoms with Crippen LogP contribution in [0.1, 0.15) is 11.1 Å². The molecular formula is C15H14BrCl2NO. The van der Waals surface area contributed by atoms with E-state index >= 15 is 0 Å². The highest BCUT2D eigenvalue weighted by Gasteiger charge is 2.09. The van der Waals surface area contributed by atoms with Gasteiger partial charge in [0.25, 0.3) is 0 Å². The zero-order chi connectivity index (χ0) is 14.7. The highest BCUT2D eigenvalue weighted by Crippen LogP contribution is 2.31. The number of methoxy groups -OCH3 is 1. The van der Waals surface area contributed by atoms with Crippen LogP contribution in [0.4, 0.5) is 5.69 Å². The van der Waals surface area contributed by atoms with Gasteiger partial charge in [0.05, 0.1) is 12.8 Å². The van der Waals surface area contributed by atoms with Crippen molar-refractivity contribution in [1.82, 2.24) is 0 Å². The molecule has 0 saturated heterocycles. The Morgan fingerprint density at radius 3 is 2.65 bits per heavy atom. The molecule has 5 heteroatoms. The monoisotopic (exact) mass is 373 g/mol. The molecule has 0 spiro atoms. The molecule has 0 bridgehead atoms. The average molecular weight is 375 g/mol. The lowest BCUT2D eigenvalue weighted by Gasteiger charge is -2.14. The van der Waals surface area contributed by atoms with Crippen LogP contribution in [-0.4, -0.2) is 7.11 Å². The summed E-state index contributed by atoms with van der Waals surface area (Å²) in [6, 6.07) is 9.47. The van der Waals surface area contributed by atoms with Crippen molar-refractivity contribution in [3.05, 3.63) is 56.0 Å². The van der Waals surface area contributed by atoms with Gasteiger partial charge >= 0.3 is 0 Å². The van der Waals surface area contributed by atoms with E-state index in [2.05, 4.69) is 21.2 Å². The van der Waals surface area contributed by atoms with Crippen LogP contribution in [0.5, 0.6) is 5.75 Å². The molecule has 0 atom stereocenters. The molecule has 0 fully saturated rings.